The first kappa shape index (κ1) is 15.7. The zero-order valence-electron chi connectivity index (χ0n) is 10.8. The fraction of sp³-hybridized carbons (Fsp3) is 0.636. The predicted molar refractivity (Wildman–Crippen MR) is 82.4 cm³/mol. The van der Waals surface area contributed by atoms with Gasteiger partial charge in [0.25, 0.3) is 0 Å². The van der Waals surface area contributed by atoms with Crippen molar-refractivity contribution in [2.45, 2.75) is 23.7 Å². The second-order valence-corrected chi connectivity index (χ2v) is 9.31. The standard InChI is InChI=1S/C11H16BrClN2O2S2/c1-8-7-15(4-3-14(8)2)19(16,17)10-5-9(6-13)18-11(10)12/h5,8H,3-4,6-7H2,1-2H3. The first-order chi connectivity index (χ1) is 8.86. The molecule has 1 aromatic rings. The predicted octanol–water partition coefficient (Wildman–Crippen LogP) is 2.57. The van der Waals surface area contributed by atoms with Crippen molar-refractivity contribution in [1.29, 1.82) is 0 Å². The molecule has 0 amide bonds. The molecule has 0 bridgehead atoms. The first-order valence-electron chi connectivity index (χ1n) is 5.91. The summed E-state index contributed by atoms with van der Waals surface area (Å²) in [5, 5.41) is 0. The van der Waals surface area contributed by atoms with E-state index >= 15 is 0 Å². The van der Waals surface area contributed by atoms with Crippen LogP contribution in [0.4, 0.5) is 0 Å². The van der Waals surface area contributed by atoms with E-state index in [0.717, 1.165) is 11.4 Å². The Morgan fingerprint density at radius 2 is 2.21 bits per heavy atom. The maximum Gasteiger partial charge on any atom is 0.245 e. The van der Waals surface area contributed by atoms with Gasteiger partial charge >= 0.3 is 0 Å². The summed E-state index contributed by atoms with van der Waals surface area (Å²) in [6.07, 6.45) is 0. The maximum absolute atomic E-state index is 12.6. The molecule has 1 aliphatic heterocycles. The van der Waals surface area contributed by atoms with Crippen molar-refractivity contribution in [3.8, 4) is 0 Å². The molecule has 1 aliphatic rings. The van der Waals surface area contributed by atoms with Crippen LogP contribution in [0.25, 0.3) is 0 Å². The number of thiophene rings is 1. The summed E-state index contributed by atoms with van der Waals surface area (Å²) >= 11 is 10.5. The molecule has 2 rings (SSSR count). The molecule has 0 radical (unpaired) electrons. The van der Waals surface area contributed by atoms with Crippen molar-refractivity contribution in [1.82, 2.24) is 9.21 Å². The first-order valence-corrected chi connectivity index (χ1v) is 9.49. The summed E-state index contributed by atoms with van der Waals surface area (Å²) in [6.45, 7) is 3.85. The van der Waals surface area contributed by atoms with Gasteiger partial charge in [-0.3, -0.25) is 0 Å². The molecule has 1 aromatic heterocycles. The molecule has 1 unspecified atom stereocenters. The van der Waals surface area contributed by atoms with E-state index < -0.39 is 10.0 Å². The van der Waals surface area contributed by atoms with Crippen LogP contribution in [0.1, 0.15) is 11.8 Å². The van der Waals surface area contributed by atoms with Crippen molar-refractivity contribution in [3.63, 3.8) is 0 Å². The fourth-order valence-corrected chi connectivity index (χ4v) is 6.25. The minimum absolute atomic E-state index is 0.230. The molecule has 1 atom stereocenters. The molecule has 8 heteroatoms. The molecule has 4 nitrogen and oxygen atoms in total. The van der Waals surface area contributed by atoms with E-state index in [1.807, 2.05) is 14.0 Å². The van der Waals surface area contributed by atoms with Crippen LogP contribution in [0.5, 0.6) is 0 Å². The Labute approximate surface area is 131 Å². The van der Waals surface area contributed by atoms with Crippen molar-refractivity contribution in [3.05, 3.63) is 14.7 Å². The van der Waals surface area contributed by atoms with E-state index in [0.29, 0.717) is 27.7 Å². The van der Waals surface area contributed by atoms with Gasteiger partial charge in [-0.2, -0.15) is 4.31 Å². The summed E-state index contributed by atoms with van der Waals surface area (Å²) in [4.78, 5) is 3.36. The Morgan fingerprint density at radius 3 is 2.74 bits per heavy atom. The van der Waals surface area contributed by atoms with Gasteiger partial charge in [-0.1, -0.05) is 0 Å². The average molecular weight is 388 g/mol. The van der Waals surface area contributed by atoms with Crippen LogP contribution in [-0.2, 0) is 15.9 Å². The van der Waals surface area contributed by atoms with Crippen LogP contribution in [0.3, 0.4) is 0 Å². The molecular weight excluding hydrogens is 372 g/mol. The van der Waals surface area contributed by atoms with Crippen molar-refractivity contribution >= 4 is 48.9 Å². The molecule has 0 spiro atoms. The fourth-order valence-electron chi connectivity index (χ4n) is 2.01. The van der Waals surface area contributed by atoms with Gasteiger partial charge in [0.15, 0.2) is 0 Å². The molecule has 0 aliphatic carbocycles. The number of likely N-dealkylation sites (N-methyl/N-ethyl adjacent to an activating group) is 1. The van der Waals surface area contributed by atoms with Crippen LogP contribution < -0.4 is 0 Å². The van der Waals surface area contributed by atoms with E-state index in [2.05, 4.69) is 20.8 Å². The second kappa shape index (κ2) is 5.99. The molecule has 0 aromatic carbocycles. The average Bonchev–Trinajstić information content (AvgIpc) is 2.74. The third kappa shape index (κ3) is 3.16. The molecule has 1 saturated heterocycles. The highest BCUT2D eigenvalue weighted by Gasteiger charge is 2.32. The van der Waals surface area contributed by atoms with Gasteiger partial charge < -0.3 is 4.90 Å². The Bertz CT molecular complexity index is 561. The van der Waals surface area contributed by atoms with Gasteiger partial charge in [0.05, 0.1) is 9.67 Å². The zero-order valence-corrected chi connectivity index (χ0v) is 14.7. The van der Waals surface area contributed by atoms with Crippen LogP contribution in [-0.4, -0.2) is 50.3 Å². The van der Waals surface area contributed by atoms with Crippen LogP contribution in [0.2, 0.25) is 0 Å². The number of hydrogen-bond acceptors (Lipinski definition) is 4. The van der Waals surface area contributed by atoms with Gasteiger partial charge in [-0.05, 0) is 36.0 Å². The molecule has 1 fully saturated rings. The van der Waals surface area contributed by atoms with Gasteiger partial charge in [0, 0.05) is 30.6 Å². The van der Waals surface area contributed by atoms with Crippen molar-refractivity contribution in [2.24, 2.45) is 0 Å². The monoisotopic (exact) mass is 386 g/mol. The van der Waals surface area contributed by atoms with Gasteiger partial charge in [0.1, 0.15) is 4.90 Å². The molecule has 108 valence electrons. The highest BCUT2D eigenvalue weighted by atomic mass is 79.9. The summed E-state index contributed by atoms with van der Waals surface area (Å²) in [7, 11) is -1.41. The summed E-state index contributed by atoms with van der Waals surface area (Å²) in [5.41, 5.74) is 0. The summed E-state index contributed by atoms with van der Waals surface area (Å²) < 4.78 is 27.5. The third-order valence-electron chi connectivity index (χ3n) is 3.38. The van der Waals surface area contributed by atoms with E-state index in [1.54, 1.807) is 10.4 Å². The number of hydrogen-bond donors (Lipinski definition) is 0. The van der Waals surface area contributed by atoms with Crippen LogP contribution in [0, 0.1) is 0 Å². The SMILES string of the molecule is CC1CN(S(=O)(=O)c2cc(CCl)sc2Br)CCN1C. The smallest absolute Gasteiger partial charge is 0.245 e. The number of nitrogens with zero attached hydrogens (tertiary/aromatic N) is 2. The highest BCUT2D eigenvalue weighted by Crippen LogP contribution is 2.34. The molecule has 0 N–H and O–H groups in total. The largest absolute Gasteiger partial charge is 0.301 e. The third-order valence-corrected chi connectivity index (χ3v) is 7.94. The number of sulfonamides is 1. The van der Waals surface area contributed by atoms with E-state index in [4.69, 9.17) is 11.6 Å². The highest BCUT2D eigenvalue weighted by molar-refractivity contribution is 9.11. The maximum atomic E-state index is 12.6. The number of piperazine rings is 1. The number of rotatable bonds is 3. The lowest BCUT2D eigenvalue weighted by molar-refractivity contribution is 0.159. The minimum Gasteiger partial charge on any atom is -0.301 e. The lowest BCUT2D eigenvalue weighted by atomic mass is 10.2. The lowest BCUT2D eigenvalue weighted by Gasteiger charge is -2.36. The Kier molecular flexibility index (Phi) is 4.96. The molecule has 2 heterocycles. The Balaban J connectivity index is 2.29. The van der Waals surface area contributed by atoms with Gasteiger partial charge in [-0.15, -0.1) is 22.9 Å². The lowest BCUT2D eigenvalue weighted by Crippen LogP contribution is -2.51. The molecular formula is C11H16BrClN2O2S2. The summed E-state index contributed by atoms with van der Waals surface area (Å²) in [6, 6.07) is 1.90. The van der Waals surface area contributed by atoms with Gasteiger partial charge in [-0.25, -0.2) is 8.42 Å². The van der Waals surface area contributed by atoms with Crippen molar-refractivity contribution in [2.75, 3.05) is 26.7 Å². The Hall–Kier alpha value is 0.340. The van der Waals surface area contributed by atoms with E-state index in [1.165, 1.54) is 11.3 Å². The minimum atomic E-state index is -3.43. The second-order valence-electron chi connectivity index (χ2n) is 4.68. The number of alkyl halides is 1. The van der Waals surface area contributed by atoms with Gasteiger partial charge in [0.2, 0.25) is 10.0 Å². The quantitative estimate of drug-likeness (QED) is 0.749. The Morgan fingerprint density at radius 1 is 1.53 bits per heavy atom. The number of halogens is 2. The van der Waals surface area contributed by atoms with E-state index in [9.17, 15) is 8.42 Å². The topological polar surface area (TPSA) is 40.6 Å². The van der Waals surface area contributed by atoms with Crippen LogP contribution in [0.15, 0.2) is 14.7 Å². The van der Waals surface area contributed by atoms with E-state index in [-0.39, 0.29) is 6.04 Å². The summed E-state index contributed by atoms with van der Waals surface area (Å²) in [5.74, 6) is 0.331. The van der Waals surface area contributed by atoms with Crippen LogP contribution >= 0.6 is 38.9 Å². The zero-order chi connectivity index (χ0) is 14.2. The normalized spacial score (nSPS) is 22.8. The molecule has 0 saturated carbocycles. The molecule has 19 heavy (non-hydrogen) atoms. The van der Waals surface area contributed by atoms with Crippen molar-refractivity contribution < 1.29 is 8.42 Å².